The zero-order chi connectivity index (χ0) is 13.0. The SMILES string of the molecule is CCOC1CCCN(c2ncc(CO)cc2Cl)C1. The summed E-state index contributed by atoms with van der Waals surface area (Å²) in [5.41, 5.74) is 0.738. The molecule has 1 aromatic heterocycles. The lowest BCUT2D eigenvalue weighted by atomic mass is 10.1. The predicted octanol–water partition coefficient (Wildman–Crippen LogP) is 2.23. The van der Waals surface area contributed by atoms with Crippen LogP contribution < -0.4 is 4.90 Å². The van der Waals surface area contributed by atoms with Crippen LogP contribution in [0.5, 0.6) is 0 Å². The number of ether oxygens (including phenoxy) is 1. The molecule has 0 aliphatic carbocycles. The van der Waals surface area contributed by atoms with E-state index in [2.05, 4.69) is 9.88 Å². The smallest absolute Gasteiger partial charge is 0.147 e. The number of anilines is 1. The van der Waals surface area contributed by atoms with Gasteiger partial charge in [-0.25, -0.2) is 4.98 Å². The summed E-state index contributed by atoms with van der Waals surface area (Å²) in [5.74, 6) is 0.790. The molecule has 0 radical (unpaired) electrons. The Bertz CT molecular complexity index is 399. The molecule has 0 aromatic carbocycles. The minimum absolute atomic E-state index is 0.0332. The van der Waals surface area contributed by atoms with Crippen LogP contribution in [0, 0.1) is 0 Å². The molecule has 18 heavy (non-hydrogen) atoms. The second kappa shape index (κ2) is 6.36. The molecule has 0 spiro atoms. The highest BCUT2D eigenvalue weighted by Gasteiger charge is 2.22. The van der Waals surface area contributed by atoms with Crippen LogP contribution in [-0.4, -0.2) is 35.9 Å². The number of nitrogens with zero attached hydrogens (tertiary/aromatic N) is 2. The van der Waals surface area contributed by atoms with Crippen molar-refractivity contribution in [2.75, 3.05) is 24.6 Å². The number of pyridine rings is 1. The summed E-state index contributed by atoms with van der Waals surface area (Å²) < 4.78 is 5.67. The van der Waals surface area contributed by atoms with E-state index in [1.54, 1.807) is 12.3 Å². The van der Waals surface area contributed by atoms with E-state index in [4.69, 9.17) is 21.4 Å². The van der Waals surface area contributed by atoms with Crippen molar-refractivity contribution in [1.29, 1.82) is 0 Å². The highest BCUT2D eigenvalue weighted by molar-refractivity contribution is 6.33. The molecule has 2 heterocycles. The van der Waals surface area contributed by atoms with Crippen molar-refractivity contribution in [2.45, 2.75) is 32.5 Å². The van der Waals surface area contributed by atoms with Crippen molar-refractivity contribution in [2.24, 2.45) is 0 Å². The Labute approximate surface area is 113 Å². The van der Waals surface area contributed by atoms with Gasteiger partial charge in [0.15, 0.2) is 0 Å². The van der Waals surface area contributed by atoms with Gasteiger partial charge in [-0.05, 0) is 31.4 Å². The molecule has 1 aromatic rings. The van der Waals surface area contributed by atoms with Crippen LogP contribution >= 0.6 is 11.6 Å². The summed E-state index contributed by atoms with van der Waals surface area (Å²) in [5, 5.41) is 9.64. The quantitative estimate of drug-likeness (QED) is 0.911. The van der Waals surface area contributed by atoms with E-state index in [1.165, 1.54) is 0 Å². The summed E-state index contributed by atoms with van der Waals surface area (Å²) >= 11 is 6.21. The zero-order valence-corrected chi connectivity index (χ0v) is 11.4. The average Bonchev–Trinajstić information content (AvgIpc) is 2.39. The van der Waals surface area contributed by atoms with Crippen molar-refractivity contribution in [1.82, 2.24) is 4.98 Å². The number of halogens is 1. The maximum Gasteiger partial charge on any atom is 0.147 e. The number of aliphatic hydroxyl groups is 1. The highest BCUT2D eigenvalue weighted by atomic mass is 35.5. The van der Waals surface area contributed by atoms with E-state index < -0.39 is 0 Å². The second-order valence-corrected chi connectivity index (χ2v) is 4.88. The van der Waals surface area contributed by atoms with Gasteiger partial charge in [-0.1, -0.05) is 11.6 Å². The van der Waals surface area contributed by atoms with E-state index in [-0.39, 0.29) is 12.7 Å². The number of rotatable bonds is 4. The molecule has 1 atom stereocenters. The van der Waals surface area contributed by atoms with Gasteiger partial charge in [0, 0.05) is 25.9 Å². The van der Waals surface area contributed by atoms with Gasteiger partial charge in [0.25, 0.3) is 0 Å². The van der Waals surface area contributed by atoms with Crippen LogP contribution in [0.25, 0.3) is 0 Å². The topological polar surface area (TPSA) is 45.6 Å². The van der Waals surface area contributed by atoms with Crippen LogP contribution in [0.15, 0.2) is 12.3 Å². The third-order valence-corrected chi connectivity index (χ3v) is 3.42. The van der Waals surface area contributed by atoms with Crippen molar-refractivity contribution in [3.8, 4) is 0 Å². The molecule has 0 saturated carbocycles. The number of hydrogen-bond acceptors (Lipinski definition) is 4. The second-order valence-electron chi connectivity index (χ2n) is 4.47. The summed E-state index contributed by atoms with van der Waals surface area (Å²) in [7, 11) is 0. The molecule has 1 unspecified atom stereocenters. The Morgan fingerprint density at radius 1 is 1.61 bits per heavy atom. The first-order valence-corrected chi connectivity index (χ1v) is 6.74. The highest BCUT2D eigenvalue weighted by Crippen LogP contribution is 2.27. The molecule has 1 fully saturated rings. The number of hydrogen-bond donors (Lipinski definition) is 1. The lowest BCUT2D eigenvalue weighted by Gasteiger charge is -2.33. The molecule has 1 saturated heterocycles. The molecular weight excluding hydrogens is 252 g/mol. The zero-order valence-electron chi connectivity index (χ0n) is 10.6. The van der Waals surface area contributed by atoms with Crippen LogP contribution in [0.1, 0.15) is 25.3 Å². The summed E-state index contributed by atoms with van der Waals surface area (Å²) in [6.07, 6.45) is 4.12. The predicted molar refractivity (Wildman–Crippen MR) is 72.0 cm³/mol. The summed E-state index contributed by atoms with van der Waals surface area (Å²) in [6, 6.07) is 1.77. The van der Waals surface area contributed by atoms with E-state index in [0.29, 0.717) is 5.02 Å². The van der Waals surface area contributed by atoms with Crippen LogP contribution in [-0.2, 0) is 11.3 Å². The Kier molecular flexibility index (Phi) is 4.80. The number of aromatic nitrogens is 1. The van der Waals surface area contributed by atoms with Gasteiger partial charge in [-0.15, -0.1) is 0 Å². The van der Waals surface area contributed by atoms with E-state index >= 15 is 0 Å². The molecular formula is C13H19ClN2O2. The van der Waals surface area contributed by atoms with Crippen LogP contribution in [0.4, 0.5) is 5.82 Å². The number of piperidine rings is 1. The third kappa shape index (κ3) is 3.13. The van der Waals surface area contributed by atoms with Crippen molar-refractivity contribution < 1.29 is 9.84 Å². The molecule has 5 heteroatoms. The van der Waals surface area contributed by atoms with E-state index in [1.807, 2.05) is 6.92 Å². The fourth-order valence-corrected chi connectivity index (χ4v) is 2.60. The summed E-state index contributed by atoms with van der Waals surface area (Å²) in [6.45, 7) is 4.51. The van der Waals surface area contributed by atoms with Gasteiger partial charge >= 0.3 is 0 Å². The molecule has 4 nitrogen and oxygen atoms in total. The third-order valence-electron chi connectivity index (χ3n) is 3.14. The van der Waals surface area contributed by atoms with Gasteiger partial charge in [0.2, 0.25) is 0 Å². The fourth-order valence-electron chi connectivity index (χ4n) is 2.29. The molecule has 0 bridgehead atoms. The lowest BCUT2D eigenvalue weighted by Crippen LogP contribution is -2.40. The Hall–Kier alpha value is -0.840. The number of aliphatic hydroxyl groups excluding tert-OH is 1. The molecule has 2 rings (SSSR count). The maximum atomic E-state index is 9.04. The molecule has 100 valence electrons. The molecule has 1 aliphatic rings. The summed E-state index contributed by atoms with van der Waals surface area (Å²) in [4.78, 5) is 6.51. The lowest BCUT2D eigenvalue weighted by molar-refractivity contribution is 0.0525. The van der Waals surface area contributed by atoms with Gasteiger partial charge < -0.3 is 14.7 Å². The maximum absolute atomic E-state index is 9.04. The normalized spacial score (nSPS) is 20.2. The van der Waals surface area contributed by atoms with Crippen LogP contribution in [0.3, 0.4) is 0 Å². The first kappa shape index (κ1) is 13.6. The van der Waals surface area contributed by atoms with Gasteiger partial charge in [0.05, 0.1) is 17.7 Å². The Morgan fingerprint density at radius 3 is 3.11 bits per heavy atom. The van der Waals surface area contributed by atoms with Gasteiger partial charge in [-0.2, -0.15) is 0 Å². The molecule has 1 N–H and O–H groups in total. The van der Waals surface area contributed by atoms with Crippen molar-refractivity contribution >= 4 is 17.4 Å². The van der Waals surface area contributed by atoms with Crippen molar-refractivity contribution in [3.05, 3.63) is 22.8 Å². The first-order valence-electron chi connectivity index (χ1n) is 6.36. The van der Waals surface area contributed by atoms with E-state index in [9.17, 15) is 0 Å². The minimum atomic E-state index is -0.0332. The minimum Gasteiger partial charge on any atom is -0.392 e. The molecule has 0 amide bonds. The van der Waals surface area contributed by atoms with Gasteiger partial charge in [0.1, 0.15) is 5.82 Å². The fraction of sp³-hybridized carbons (Fsp3) is 0.615. The Balaban J connectivity index is 2.10. The largest absolute Gasteiger partial charge is 0.392 e. The van der Waals surface area contributed by atoms with E-state index in [0.717, 1.165) is 43.9 Å². The standard InChI is InChI=1S/C13H19ClN2O2/c1-2-18-11-4-3-5-16(8-11)13-12(14)6-10(9-17)7-15-13/h6-7,11,17H,2-5,8-9H2,1H3. The van der Waals surface area contributed by atoms with Gasteiger partial charge in [-0.3, -0.25) is 0 Å². The molecule has 1 aliphatic heterocycles. The van der Waals surface area contributed by atoms with Crippen LogP contribution in [0.2, 0.25) is 5.02 Å². The van der Waals surface area contributed by atoms with Crippen molar-refractivity contribution in [3.63, 3.8) is 0 Å². The Morgan fingerprint density at radius 2 is 2.44 bits per heavy atom. The average molecular weight is 271 g/mol. The first-order chi connectivity index (χ1) is 8.74. The monoisotopic (exact) mass is 270 g/mol.